The van der Waals surface area contributed by atoms with Crippen LogP contribution in [-0.4, -0.2) is 23.9 Å². The number of hydrogen-bond acceptors (Lipinski definition) is 5. The van der Waals surface area contributed by atoms with Gasteiger partial charge in [0.05, 0.1) is 23.9 Å². The van der Waals surface area contributed by atoms with Gasteiger partial charge in [-0.3, -0.25) is 0 Å². The summed E-state index contributed by atoms with van der Waals surface area (Å²) in [5.74, 6) is -0.528. The van der Waals surface area contributed by atoms with E-state index in [4.69, 9.17) is 14.3 Å². The van der Waals surface area contributed by atoms with Gasteiger partial charge in [-0.15, -0.1) is 0 Å². The Morgan fingerprint density at radius 1 is 0.926 bits per heavy atom. The van der Waals surface area contributed by atoms with Gasteiger partial charge in [0.2, 0.25) is 0 Å². The van der Waals surface area contributed by atoms with Crippen molar-refractivity contribution in [2.24, 2.45) is 4.99 Å². The van der Waals surface area contributed by atoms with E-state index in [1.165, 1.54) is 7.11 Å². The molecule has 0 N–H and O–H groups in total. The number of fused-ring (bicyclic) bond motifs is 1. The molecule has 0 radical (unpaired) electrons. The lowest BCUT2D eigenvalue weighted by Gasteiger charge is -2.07. The van der Waals surface area contributed by atoms with Crippen molar-refractivity contribution in [1.29, 1.82) is 0 Å². The Balaban J connectivity index is 1.82. The summed E-state index contributed by atoms with van der Waals surface area (Å²) >= 11 is 0. The summed E-state index contributed by atoms with van der Waals surface area (Å²) in [6.45, 7) is 0. The summed E-state index contributed by atoms with van der Waals surface area (Å²) in [4.78, 5) is 16.6. The Bertz CT molecular complexity index is 1070. The predicted molar refractivity (Wildman–Crippen MR) is 104 cm³/mol. The van der Waals surface area contributed by atoms with Crippen LogP contribution >= 0.6 is 0 Å². The van der Waals surface area contributed by atoms with Crippen LogP contribution in [0.15, 0.2) is 88.4 Å². The lowest BCUT2D eigenvalue weighted by atomic mass is 10.0. The number of carbonyl (C=O) groups is 1. The minimum atomic E-state index is -0.528. The van der Waals surface area contributed by atoms with E-state index in [9.17, 15) is 4.79 Å². The maximum absolute atomic E-state index is 11.7. The Hall–Kier alpha value is -3.73. The van der Waals surface area contributed by atoms with E-state index in [0.717, 1.165) is 16.8 Å². The van der Waals surface area contributed by atoms with Gasteiger partial charge in [-0.1, -0.05) is 65.8 Å². The van der Waals surface area contributed by atoms with E-state index in [-0.39, 0.29) is 5.69 Å². The van der Waals surface area contributed by atoms with Gasteiger partial charge in [-0.25, -0.2) is 9.79 Å². The fourth-order valence-corrected chi connectivity index (χ4v) is 2.86. The fourth-order valence-electron chi connectivity index (χ4n) is 2.86. The highest BCUT2D eigenvalue weighted by Gasteiger charge is 2.17. The molecule has 0 aliphatic rings. The molecule has 3 aromatic carbocycles. The first kappa shape index (κ1) is 16.7. The molecule has 27 heavy (non-hydrogen) atoms. The lowest BCUT2D eigenvalue weighted by Crippen LogP contribution is -2.02. The number of aliphatic imine (C=N–C) groups is 1. The molecule has 1 aromatic heterocycles. The van der Waals surface area contributed by atoms with E-state index in [1.54, 1.807) is 12.1 Å². The van der Waals surface area contributed by atoms with Gasteiger partial charge in [0.1, 0.15) is 0 Å². The average molecular weight is 356 g/mol. The number of aromatic nitrogens is 1. The molecule has 0 spiro atoms. The minimum Gasteiger partial charge on any atom is -0.464 e. The molecule has 0 saturated carbocycles. The number of benzene rings is 3. The summed E-state index contributed by atoms with van der Waals surface area (Å²) in [5, 5.41) is 4.40. The smallest absolute Gasteiger partial charge is 0.360 e. The molecule has 0 aliphatic carbocycles. The summed E-state index contributed by atoms with van der Waals surface area (Å²) in [6, 6.07) is 25.3. The zero-order chi connectivity index (χ0) is 18.6. The first-order valence-corrected chi connectivity index (χ1v) is 8.43. The molecule has 1 heterocycles. The highest BCUT2D eigenvalue weighted by molar-refractivity contribution is 6.14. The lowest BCUT2D eigenvalue weighted by molar-refractivity contribution is 0.0591. The first-order chi connectivity index (χ1) is 13.3. The van der Waals surface area contributed by atoms with Crippen molar-refractivity contribution < 1.29 is 14.1 Å². The molecule has 4 aromatic rings. The molecule has 5 heteroatoms. The SMILES string of the molecule is COC(=O)c1noc2cc(N=C(c3ccccc3)c3ccccc3)ccc12. The fraction of sp³-hybridized carbons (Fsp3) is 0.0455. The molecular formula is C22H16N2O3. The van der Waals surface area contributed by atoms with Gasteiger partial charge in [0.15, 0.2) is 11.3 Å². The highest BCUT2D eigenvalue weighted by atomic mass is 16.5. The van der Waals surface area contributed by atoms with E-state index in [0.29, 0.717) is 16.7 Å². The normalized spacial score (nSPS) is 10.6. The van der Waals surface area contributed by atoms with Crippen molar-refractivity contribution in [3.8, 4) is 0 Å². The second kappa shape index (κ2) is 7.25. The van der Waals surface area contributed by atoms with Crippen LogP contribution in [-0.2, 0) is 4.74 Å². The van der Waals surface area contributed by atoms with Crippen LogP contribution in [0.5, 0.6) is 0 Å². The van der Waals surface area contributed by atoms with Crippen LogP contribution in [0.25, 0.3) is 11.0 Å². The summed E-state index contributed by atoms with van der Waals surface area (Å²) in [5.41, 5.74) is 4.22. The van der Waals surface area contributed by atoms with Gasteiger partial charge in [-0.2, -0.15) is 0 Å². The molecule has 0 unspecified atom stereocenters. The molecule has 4 rings (SSSR count). The van der Waals surface area contributed by atoms with Gasteiger partial charge in [0.25, 0.3) is 0 Å². The van der Waals surface area contributed by atoms with Gasteiger partial charge in [-0.05, 0) is 12.1 Å². The number of nitrogens with zero attached hydrogens (tertiary/aromatic N) is 2. The van der Waals surface area contributed by atoms with Gasteiger partial charge in [0, 0.05) is 17.2 Å². The number of ether oxygens (including phenoxy) is 1. The van der Waals surface area contributed by atoms with Crippen molar-refractivity contribution in [1.82, 2.24) is 5.16 Å². The van der Waals surface area contributed by atoms with Crippen molar-refractivity contribution in [3.63, 3.8) is 0 Å². The van der Waals surface area contributed by atoms with Crippen LogP contribution in [0.1, 0.15) is 21.6 Å². The first-order valence-electron chi connectivity index (χ1n) is 8.43. The maximum atomic E-state index is 11.7. The monoisotopic (exact) mass is 356 g/mol. The van der Waals surface area contributed by atoms with Crippen molar-refractivity contribution in [3.05, 3.63) is 95.7 Å². The van der Waals surface area contributed by atoms with Crippen molar-refractivity contribution in [2.45, 2.75) is 0 Å². The molecule has 132 valence electrons. The Morgan fingerprint density at radius 2 is 1.56 bits per heavy atom. The number of rotatable bonds is 4. The largest absolute Gasteiger partial charge is 0.464 e. The van der Waals surface area contributed by atoms with E-state index >= 15 is 0 Å². The third-order valence-corrected chi connectivity index (χ3v) is 4.17. The second-order valence-electron chi connectivity index (χ2n) is 5.90. The zero-order valence-electron chi connectivity index (χ0n) is 14.6. The highest BCUT2D eigenvalue weighted by Crippen LogP contribution is 2.26. The van der Waals surface area contributed by atoms with Gasteiger partial charge >= 0.3 is 5.97 Å². The Labute approximate surface area is 155 Å². The molecule has 0 aliphatic heterocycles. The third-order valence-electron chi connectivity index (χ3n) is 4.17. The predicted octanol–water partition coefficient (Wildman–Crippen LogP) is 4.78. The number of hydrogen-bond donors (Lipinski definition) is 0. The molecule has 0 amide bonds. The van der Waals surface area contributed by atoms with Crippen molar-refractivity contribution in [2.75, 3.05) is 7.11 Å². The summed E-state index contributed by atoms with van der Waals surface area (Å²) < 4.78 is 10.0. The van der Waals surface area contributed by atoms with E-state index in [2.05, 4.69) is 5.16 Å². The summed E-state index contributed by atoms with van der Waals surface area (Å²) in [7, 11) is 1.31. The van der Waals surface area contributed by atoms with Crippen LogP contribution in [0.2, 0.25) is 0 Å². The Kier molecular flexibility index (Phi) is 4.49. The third kappa shape index (κ3) is 3.35. The van der Waals surface area contributed by atoms with Crippen LogP contribution < -0.4 is 0 Å². The molecule has 0 atom stereocenters. The number of esters is 1. The second-order valence-corrected chi connectivity index (χ2v) is 5.90. The standard InChI is InChI=1S/C22H16N2O3/c1-26-22(25)21-18-13-12-17(14-19(18)27-24-21)23-20(15-8-4-2-5-9-15)16-10-6-3-7-11-16/h2-14H,1H3. The van der Waals surface area contributed by atoms with Crippen LogP contribution in [0.3, 0.4) is 0 Å². The molecule has 0 fully saturated rings. The van der Waals surface area contributed by atoms with Gasteiger partial charge < -0.3 is 9.26 Å². The van der Waals surface area contributed by atoms with E-state index in [1.807, 2.05) is 66.7 Å². The molecule has 0 bridgehead atoms. The molecular weight excluding hydrogens is 340 g/mol. The van der Waals surface area contributed by atoms with Crippen LogP contribution in [0.4, 0.5) is 5.69 Å². The van der Waals surface area contributed by atoms with E-state index < -0.39 is 5.97 Å². The molecule has 5 nitrogen and oxygen atoms in total. The number of carbonyl (C=O) groups excluding carboxylic acids is 1. The topological polar surface area (TPSA) is 64.7 Å². The van der Waals surface area contributed by atoms with Crippen molar-refractivity contribution >= 4 is 28.3 Å². The van der Waals surface area contributed by atoms with Crippen LogP contribution in [0, 0.1) is 0 Å². The zero-order valence-corrected chi connectivity index (χ0v) is 14.6. The maximum Gasteiger partial charge on any atom is 0.360 e. The Morgan fingerprint density at radius 3 is 2.15 bits per heavy atom. The quantitative estimate of drug-likeness (QED) is 0.390. The minimum absolute atomic E-state index is 0.161. The average Bonchev–Trinajstić information content (AvgIpc) is 3.16. The number of methoxy groups -OCH3 is 1. The summed E-state index contributed by atoms with van der Waals surface area (Å²) in [6.07, 6.45) is 0. The molecule has 0 saturated heterocycles.